The van der Waals surface area contributed by atoms with Crippen LogP contribution in [0, 0.1) is 5.41 Å². The Hall–Kier alpha value is -1.71. The first-order valence-corrected chi connectivity index (χ1v) is 6.52. The molecule has 4 nitrogen and oxygen atoms in total. The highest BCUT2D eigenvalue weighted by atomic mass is 16.5. The Morgan fingerprint density at radius 1 is 1.37 bits per heavy atom. The SMILES string of the molecule is CCOC(=O)c1ccc(N(C)CC(C)(C)C)c(N)c1. The van der Waals surface area contributed by atoms with Crippen molar-refractivity contribution in [3.05, 3.63) is 23.8 Å². The van der Waals surface area contributed by atoms with Gasteiger partial charge in [-0.2, -0.15) is 0 Å². The van der Waals surface area contributed by atoms with E-state index in [1.807, 2.05) is 13.1 Å². The van der Waals surface area contributed by atoms with Crippen LogP contribution in [0.5, 0.6) is 0 Å². The standard InChI is InChI=1S/C15H24N2O2/c1-6-19-14(18)11-7-8-13(12(16)9-11)17(5)10-15(2,3)4/h7-9H,6,10,16H2,1-5H3. The number of nitrogens with zero attached hydrogens (tertiary/aromatic N) is 1. The van der Waals surface area contributed by atoms with E-state index in [-0.39, 0.29) is 11.4 Å². The molecule has 0 heterocycles. The summed E-state index contributed by atoms with van der Waals surface area (Å²) >= 11 is 0. The van der Waals surface area contributed by atoms with Crippen LogP contribution in [-0.4, -0.2) is 26.2 Å². The molecule has 1 aromatic rings. The highest BCUT2D eigenvalue weighted by Gasteiger charge is 2.16. The molecule has 0 atom stereocenters. The molecule has 0 aromatic heterocycles. The van der Waals surface area contributed by atoms with Crippen molar-refractivity contribution in [3.8, 4) is 0 Å². The van der Waals surface area contributed by atoms with E-state index in [0.717, 1.165) is 12.2 Å². The number of hydrogen-bond donors (Lipinski definition) is 1. The van der Waals surface area contributed by atoms with Gasteiger partial charge in [0.25, 0.3) is 0 Å². The Morgan fingerprint density at radius 3 is 2.47 bits per heavy atom. The van der Waals surface area contributed by atoms with Crippen LogP contribution < -0.4 is 10.6 Å². The first-order chi connectivity index (χ1) is 8.74. The Kier molecular flexibility index (Phi) is 4.81. The van der Waals surface area contributed by atoms with Gasteiger partial charge in [-0.25, -0.2) is 4.79 Å². The first kappa shape index (κ1) is 15.3. The van der Waals surface area contributed by atoms with Gasteiger partial charge in [-0.1, -0.05) is 20.8 Å². The van der Waals surface area contributed by atoms with Crippen molar-refractivity contribution in [3.63, 3.8) is 0 Å². The van der Waals surface area contributed by atoms with E-state index in [0.29, 0.717) is 17.9 Å². The minimum absolute atomic E-state index is 0.182. The lowest BCUT2D eigenvalue weighted by Crippen LogP contribution is -2.29. The third kappa shape index (κ3) is 4.47. The Labute approximate surface area is 115 Å². The third-order valence-corrected chi connectivity index (χ3v) is 2.66. The summed E-state index contributed by atoms with van der Waals surface area (Å²) in [4.78, 5) is 13.7. The van der Waals surface area contributed by atoms with E-state index in [2.05, 4.69) is 25.7 Å². The number of nitrogens with two attached hydrogens (primary N) is 1. The maximum Gasteiger partial charge on any atom is 0.338 e. The Morgan fingerprint density at radius 2 is 2.00 bits per heavy atom. The van der Waals surface area contributed by atoms with Gasteiger partial charge < -0.3 is 15.4 Å². The highest BCUT2D eigenvalue weighted by Crippen LogP contribution is 2.26. The molecule has 0 radical (unpaired) electrons. The van der Waals surface area contributed by atoms with Crippen LogP contribution in [0.4, 0.5) is 11.4 Å². The number of anilines is 2. The van der Waals surface area contributed by atoms with E-state index in [1.165, 1.54) is 0 Å². The topological polar surface area (TPSA) is 55.6 Å². The normalized spacial score (nSPS) is 11.2. The smallest absolute Gasteiger partial charge is 0.338 e. The minimum Gasteiger partial charge on any atom is -0.462 e. The molecule has 1 rings (SSSR count). The number of nitrogen functional groups attached to an aromatic ring is 1. The average molecular weight is 264 g/mol. The lowest BCUT2D eigenvalue weighted by atomic mass is 9.96. The third-order valence-electron chi connectivity index (χ3n) is 2.66. The molecule has 0 unspecified atom stereocenters. The first-order valence-electron chi connectivity index (χ1n) is 6.52. The van der Waals surface area contributed by atoms with E-state index < -0.39 is 0 Å². The molecule has 0 spiro atoms. The second-order valence-corrected chi connectivity index (χ2v) is 5.91. The Balaban J connectivity index is 2.91. The highest BCUT2D eigenvalue weighted by molar-refractivity contribution is 5.92. The van der Waals surface area contributed by atoms with Gasteiger partial charge in [0.1, 0.15) is 0 Å². The number of esters is 1. The molecular weight excluding hydrogens is 240 g/mol. The molecule has 0 saturated carbocycles. The zero-order valence-corrected chi connectivity index (χ0v) is 12.5. The summed E-state index contributed by atoms with van der Waals surface area (Å²) in [7, 11) is 2.00. The van der Waals surface area contributed by atoms with Crippen molar-refractivity contribution >= 4 is 17.3 Å². The van der Waals surface area contributed by atoms with Gasteiger partial charge in [-0.3, -0.25) is 0 Å². The minimum atomic E-state index is -0.334. The average Bonchev–Trinajstić information content (AvgIpc) is 2.26. The van der Waals surface area contributed by atoms with Crippen molar-refractivity contribution in [1.82, 2.24) is 0 Å². The largest absolute Gasteiger partial charge is 0.462 e. The molecule has 106 valence electrons. The number of rotatable bonds is 4. The van der Waals surface area contributed by atoms with Gasteiger partial charge in [0, 0.05) is 13.6 Å². The lowest BCUT2D eigenvalue weighted by molar-refractivity contribution is 0.0526. The lowest BCUT2D eigenvalue weighted by Gasteiger charge is -2.29. The van der Waals surface area contributed by atoms with Crippen LogP contribution in [0.1, 0.15) is 38.1 Å². The van der Waals surface area contributed by atoms with Crippen LogP contribution in [0.15, 0.2) is 18.2 Å². The van der Waals surface area contributed by atoms with Crippen molar-refractivity contribution in [2.24, 2.45) is 5.41 Å². The van der Waals surface area contributed by atoms with Crippen LogP contribution in [0.25, 0.3) is 0 Å². The van der Waals surface area contributed by atoms with Crippen LogP contribution in [-0.2, 0) is 4.74 Å². The van der Waals surface area contributed by atoms with Crippen LogP contribution in [0.2, 0.25) is 0 Å². The fraction of sp³-hybridized carbons (Fsp3) is 0.533. The van der Waals surface area contributed by atoms with Crippen LogP contribution in [0.3, 0.4) is 0 Å². The fourth-order valence-corrected chi connectivity index (χ4v) is 2.04. The van der Waals surface area contributed by atoms with Gasteiger partial charge in [0.15, 0.2) is 0 Å². The van der Waals surface area contributed by atoms with Crippen molar-refractivity contribution < 1.29 is 9.53 Å². The fourth-order valence-electron chi connectivity index (χ4n) is 2.04. The molecule has 0 aliphatic rings. The van der Waals surface area contributed by atoms with Crippen molar-refractivity contribution in [2.45, 2.75) is 27.7 Å². The van der Waals surface area contributed by atoms with Gasteiger partial charge in [-0.05, 0) is 30.5 Å². The van der Waals surface area contributed by atoms with E-state index in [9.17, 15) is 4.79 Å². The molecule has 1 aromatic carbocycles. The number of benzene rings is 1. The molecular formula is C15H24N2O2. The molecule has 0 aliphatic carbocycles. The molecule has 0 bridgehead atoms. The molecule has 2 N–H and O–H groups in total. The maximum atomic E-state index is 11.6. The summed E-state index contributed by atoms with van der Waals surface area (Å²) in [5, 5.41) is 0. The van der Waals surface area contributed by atoms with E-state index >= 15 is 0 Å². The molecule has 19 heavy (non-hydrogen) atoms. The monoisotopic (exact) mass is 264 g/mol. The second-order valence-electron chi connectivity index (χ2n) is 5.91. The number of carbonyl (C=O) groups excluding carboxylic acids is 1. The Bertz CT molecular complexity index is 450. The number of carbonyl (C=O) groups is 1. The van der Waals surface area contributed by atoms with Gasteiger partial charge >= 0.3 is 5.97 Å². The van der Waals surface area contributed by atoms with Crippen molar-refractivity contribution in [1.29, 1.82) is 0 Å². The summed E-state index contributed by atoms with van der Waals surface area (Å²) in [6.07, 6.45) is 0. The predicted molar refractivity (Wildman–Crippen MR) is 79.5 cm³/mol. The summed E-state index contributed by atoms with van der Waals surface area (Å²) in [6, 6.07) is 5.29. The summed E-state index contributed by atoms with van der Waals surface area (Å²) in [5.41, 5.74) is 8.23. The zero-order valence-electron chi connectivity index (χ0n) is 12.5. The summed E-state index contributed by atoms with van der Waals surface area (Å²) in [5.74, 6) is -0.334. The molecule has 0 fully saturated rings. The second kappa shape index (κ2) is 5.95. The van der Waals surface area contributed by atoms with E-state index in [1.54, 1.807) is 19.1 Å². The van der Waals surface area contributed by atoms with Crippen molar-refractivity contribution in [2.75, 3.05) is 30.8 Å². The zero-order chi connectivity index (χ0) is 14.6. The quantitative estimate of drug-likeness (QED) is 0.671. The van der Waals surface area contributed by atoms with E-state index in [4.69, 9.17) is 10.5 Å². The maximum absolute atomic E-state index is 11.6. The summed E-state index contributed by atoms with van der Waals surface area (Å²) < 4.78 is 4.96. The van der Waals surface area contributed by atoms with Gasteiger partial charge in [0.2, 0.25) is 0 Å². The molecule has 0 saturated heterocycles. The number of hydrogen-bond acceptors (Lipinski definition) is 4. The van der Waals surface area contributed by atoms with Gasteiger partial charge in [0.05, 0.1) is 23.5 Å². The molecule has 4 heteroatoms. The predicted octanol–water partition coefficient (Wildman–Crippen LogP) is 2.93. The number of ether oxygens (including phenoxy) is 1. The molecule has 0 amide bonds. The molecule has 0 aliphatic heterocycles. The van der Waals surface area contributed by atoms with Gasteiger partial charge in [-0.15, -0.1) is 0 Å². The summed E-state index contributed by atoms with van der Waals surface area (Å²) in [6.45, 7) is 9.55. The van der Waals surface area contributed by atoms with Crippen LogP contribution >= 0.6 is 0 Å².